The second kappa shape index (κ2) is 9.27. The van der Waals surface area contributed by atoms with Gasteiger partial charge in [0.05, 0.1) is 30.1 Å². The highest BCUT2D eigenvalue weighted by Crippen LogP contribution is 2.37. The fourth-order valence-corrected chi connectivity index (χ4v) is 4.69. The lowest BCUT2D eigenvalue weighted by Crippen LogP contribution is -2.21. The molecule has 36 heavy (non-hydrogen) atoms. The van der Waals surface area contributed by atoms with Gasteiger partial charge in [0.2, 0.25) is 5.95 Å². The van der Waals surface area contributed by atoms with Crippen LogP contribution in [0.3, 0.4) is 0 Å². The molecule has 6 rings (SSSR count). The Balaban J connectivity index is 1.50. The number of ether oxygens (including phenoxy) is 1. The number of nitrogens with zero attached hydrogens (tertiary/aromatic N) is 4. The van der Waals surface area contributed by atoms with Gasteiger partial charge in [-0.1, -0.05) is 78.4 Å². The average molecular weight is 471 g/mol. The third-order valence-corrected chi connectivity index (χ3v) is 6.64. The molecule has 0 saturated heterocycles. The molecule has 0 spiro atoms. The number of benzene rings is 4. The molecule has 0 fully saturated rings. The second-order valence-electron chi connectivity index (χ2n) is 9.01. The van der Waals surface area contributed by atoms with E-state index >= 15 is 0 Å². The summed E-state index contributed by atoms with van der Waals surface area (Å²) in [4.78, 5) is 10.1. The number of hydrazone groups is 1. The van der Waals surface area contributed by atoms with Gasteiger partial charge in [-0.15, -0.1) is 0 Å². The van der Waals surface area contributed by atoms with Crippen molar-refractivity contribution in [1.29, 1.82) is 0 Å². The van der Waals surface area contributed by atoms with Crippen LogP contribution < -0.4 is 9.75 Å². The molecule has 0 amide bonds. The molecule has 0 saturated carbocycles. The number of methoxy groups -OCH3 is 1. The van der Waals surface area contributed by atoms with E-state index in [-0.39, 0.29) is 6.04 Å². The van der Waals surface area contributed by atoms with Crippen molar-refractivity contribution in [2.75, 3.05) is 12.1 Å². The van der Waals surface area contributed by atoms with E-state index in [2.05, 4.69) is 73.7 Å². The fraction of sp³-hybridized carbons (Fsp3) is 0.129. The molecule has 5 heteroatoms. The van der Waals surface area contributed by atoms with E-state index in [0.717, 1.165) is 45.6 Å². The number of aryl methyl sites for hydroxylation is 1. The molecular formula is C31H26N4O. The summed E-state index contributed by atoms with van der Waals surface area (Å²) < 4.78 is 5.35. The lowest BCUT2D eigenvalue weighted by atomic mass is 9.98. The number of fused-ring (bicyclic) bond motifs is 1. The van der Waals surface area contributed by atoms with E-state index in [1.165, 1.54) is 11.1 Å². The van der Waals surface area contributed by atoms with Crippen LogP contribution in [0.15, 0.2) is 108 Å². The molecule has 1 aliphatic heterocycles. The third kappa shape index (κ3) is 4.09. The molecular weight excluding hydrogens is 444 g/mol. The van der Waals surface area contributed by atoms with Gasteiger partial charge in [-0.3, -0.25) is 0 Å². The second-order valence-corrected chi connectivity index (χ2v) is 9.01. The standard InChI is InChI=1S/C31H26N4O/c1-21-12-14-24(15-13-21)30-26-10-6-7-11-27(26)32-31(33-30)35-29(23-8-4-3-5-9-23)20-28(34-35)22-16-18-25(36-2)19-17-22/h3-19,29H,20H2,1-2H3/t29-/m0/s1. The van der Waals surface area contributed by atoms with Crippen molar-refractivity contribution >= 4 is 22.6 Å². The van der Waals surface area contributed by atoms with Crippen LogP contribution >= 0.6 is 0 Å². The molecule has 5 nitrogen and oxygen atoms in total. The van der Waals surface area contributed by atoms with Crippen LogP contribution in [-0.4, -0.2) is 22.8 Å². The molecule has 4 aromatic carbocycles. The Kier molecular flexibility index (Phi) is 5.66. The predicted molar refractivity (Wildman–Crippen MR) is 146 cm³/mol. The van der Waals surface area contributed by atoms with Gasteiger partial charge in [-0.2, -0.15) is 5.10 Å². The number of hydrogen-bond acceptors (Lipinski definition) is 5. The summed E-state index contributed by atoms with van der Waals surface area (Å²) in [5, 5.41) is 8.09. The van der Waals surface area contributed by atoms with Gasteiger partial charge >= 0.3 is 0 Å². The zero-order chi connectivity index (χ0) is 24.5. The maximum atomic E-state index is 5.35. The Hall–Kier alpha value is -4.51. The Morgan fingerprint density at radius 2 is 1.44 bits per heavy atom. The van der Waals surface area contributed by atoms with Crippen LogP contribution in [0.4, 0.5) is 5.95 Å². The summed E-state index contributed by atoms with van der Waals surface area (Å²) in [6, 6.07) is 35.2. The molecule has 5 aromatic rings. The zero-order valence-corrected chi connectivity index (χ0v) is 20.3. The van der Waals surface area contributed by atoms with E-state index in [9.17, 15) is 0 Å². The molecule has 176 valence electrons. The summed E-state index contributed by atoms with van der Waals surface area (Å²) in [5.74, 6) is 1.43. The molecule has 1 aliphatic rings. The van der Waals surface area contributed by atoms with Crippen molar-refractivity contribution in [3.05, 3.63) is 120 Å². The number of hydrogen-bond donors (Lipinski definition) is 0. The highest BCUT2D eigenvalue weighted by molar-refractivity contribution is 6.03. The average Bonchev–Trinajstić information content (AvgIpc) is 3.39. The minimum Gasteiger partial charge on any atom is -0.497 e. The van der Waals surface area contributed by atoms with E-state index in [0.29, 0.717) is 5.95 Å². The van der Waals surface area contributed by atoms with Gasteiger partial charge in [0.15, 0.2) is 0 Å². The third-order valence-electron chi connectivity index (χ3n) is 6.64. The van der Waals surface area contributed by atoms with Crippen LogP contribution in [0, 0.1) is 6.92 Å². The van der Waals surface area contributed by atoms with Crippen molar-refractivity contribution < 1.29 is 4.74 Å². The van der Waals surface area contributed by atoms with Gasteiger partial charge in [0, 0.05) is 17.4 Å². The molecule has 0 radical (unpaired) electrons. The predicted octanol–water partition coefficient (Wildman–Crippen LogP) is 6.97. The van der Waals surface area contributed by atoms with E-state index in [1.807, 2.05) is 41.4 Å². The molecule has 0 aliphatic carbocycles. The lowest BCUT2D eigenvalue weighted by Gasteiger charge is -2.23. The molecule has 0 bridgehead atoms. The van der Waals surface area contributed by atoms with Gasteiger partial charge in [0.25, 0.3) is 0 Å². The van der Waals surface area contributed by atoms with Crippen molar-refractivity contribution in [1.82, 2.24) is 9.97 Å². The Bertz CT molecular complexity index is 1540. The monoisotopic (exact) mass is 470 g/mol. The minimum atomic E-state index is -0.00432. The normalized spacial score (nSPS) is 15.2. The van der Waals surface area contributed by atoms with Crippen LogP contribution in [0.2, 0.25) is 0 Å². The van der Waals surface area contributed by atoms with E-state index in [4.69, 9.17) is 19.8 Å². The van der Waals surface area contributed by atoms with Gasteiger partial charge in [-0.05, 0) is 48.4 Å². The summed E-state index contributed by atoms with van der Waals surface area (Å²) in [5.41, 5.74) is 7.34. The van der Waals surface area contributed by atoms with Crippen molar-refractivity contribution in [2.24, 2.45) is 5.10 Å². The first kappa shape index (κ1) is 22.0. The van der Waals surface area contributed by atoms with Gasteiger partial charge in [-0.25, -0.2) is 15.0 Å². The first-order valence-corrected chi connectivity index (χ1v) is 12.1. The highest BCUT2D eigenvalue weighted by atomic mass is 16.5. The van der Waals surface area contributed by atoms with Crippen molar-refractivity contribution in [3.63, 3.8) is 0 Å². The number of para-hydroxylation sites is 1. The number of anilines is 1. The Morgan fingerprint density at radius 1 is 0.750 bits per heavy atom. The SMILES string of the molecule is COc1ccc(C2=NN(c3nc(-c4ccc(C)cc4)c4ccccc4n3)[C@H](c3ccccc3)C2)cc1. The van der Waals surface area contributed by atoms with Crippen LogP contribution in [-0.2, 0) is 0 Å². The number of aromatic nitrogens is 2. The van der Waals surface area contributed by atoms with Crippen molar-refractivity contribution in [2.45, 2.75) is 19.4 Å². The summed E-state index contributed by atoms with van der Waals surface area (Å²) in [6.45, 7) is 2.09. The molecule has 0 N–H and O–H groups in total. The smallest absolute Gasteiger partial charge is 0.247 e. The van der Waals surface area contributed by atoms with Crippen LogP contribution in [0.25, 0.3) is 22.2 Å². The first-order valence-electron chi connectivity index (χ1n) is 12.1. The summed E-state index contributed by atoms with van der Waals surface area (Å²) in [7, 11) is 1.68. The van der Waals surface area contributed by atoms with Crippen molar-refractivity contribution in [3.8, 4) is 17.0 Å². The van der Waals surface area contributed by atoms with Gasteiger partial charge < -0.3 is 4.74 Å². The molecule has 1 atom stereocenters. The quantitative estimate of drug-likeness (QED) is 0.278. The minimum absolute atomic E-state index is 0.00432. The van der Waals surface area contributed by atoms with Crippen LogP contribution in [0.5, 0.6) is 5.75 Å². The first-order chi connectivity index (χ1) is 17.7. The molecule has 2 heterocycles. The van der Waals surface area contributed by atoms with E-state index in [1.54, 1.807) is 7.11 Å². The maximum absolute atomic E-state index is 5.35. The lowest BCUT2D eigenvalue weighted by molar-refractivity contribution is 0.415. The van der Waals surface area contributed by atoms with Gasteiger partial charge in [0.1, 0.15) is 5.75 Å². The Morgan fingerprint density at radius 3 is 2.19 bits per heavy atom. The largest absolute Gasteiger partial charge is 0.497 e. The maximum Gasteiger partial charge on any atom is 0.247 e. The Labute approximate surface area is 210 Å². The summed E-state index contributed by atoms with van der Waals surface area (Å²) >= 11 is 0. The highest BCUT2D eigenvalue weighted by Gasteiger charge is 2.32. The van der Waals surface area contributed by atoms with E-state index < -0.39 is 0 Å². The molecule has 1 aromatic heterocycles. The summed E-state index contributed by atoms with van der Waals surface area (Å²) in [6.07, 6.45) is 0.756. The fourth-order valence-electron chi connectivity index (χ4n) is 4.69. The molecule has 0 unspecified atom stereocenters. The van der Waals surface area contributed by atoms with Crippen LogP contribution in [0.1, 0.15) is 29.2 Å². The zero-order valence-electron chi connectivity index (χ0n) is 20.3. The topological polar surface area (TPSA) is 50.6 Å². The number of rotatable bonds is 5.